The van der Waals surface area contributed by atoms with E-state index in [-0.39, 0.29) is 35.7 Å². The number of rotatable bonds is 1. The summed E-state index contributed by atoms with van der Waals surface area (Å²) in [6.07, 6.45) is 0.561. The summed E-state index contributed by atoms with van der Waals surface area (Å²) in [5, 5.41) is 0.848. The van der Waals surface area contributed by atoms with Gasteiger partial charge in [0.25, 0.3) is 4.93 Å². The van der Waals surface area contributed by atoms with E-state index in [4.69, 9.17) is 27.9 Å². The van der Waals surface area contributed by atoms with Crippen LogP contribution in [0.2, 0.25) is 10.0 Å². The summed E-state index contributed by atoms with van der Waals surface area (Å²) in [7, 11) is 0. The van der Waals surface area contributed by atoms with E-state index in [0.29, 0.717) is 15.6 Å². The quantitative estimate of drug-likeness (QED) is 0.561. The Balaban J connectivity index is 1.90. The van der Waals surface area contributed by atoms with Crippen LogP contribution in [0.15, 0.2) is 22.6 Å². The van der Waals surface area contributed by atoms with Crippen molar-refractivity contribution in [1.82, 2.24) is 0 Å². The fraction of sp³-hybridized carbons (Fsp3) is 0.400. The average molecular weight is 358 g/mol. The predicted octanol–water partition coefficient (Wildman–Crippen LogP) is 4.07. The third kappa shape index (κ3) is 2.55. The van der Waals surface area contributed by atoms with Crippen LogP contribution in [0.25, 0.3) is 0 Å². The van der Waals surface area contributed by atoms with Crippen molar-refractivity contribution >= 4 is 52.6 Å². The van der Waals surface area contributed by atoms with Crippen LogP contribution in [0.4, 0.5) is 0 Å². The van der Waals surface area contributed by atoms with Gasteiger partial charge in [-0.15, -0.1) is 0 Å². The number of nitrogens with zero attached hydrogens (tertiary/aromatic N) is 1. The van der Waals surface area contributed by atoms with E-state index in [1.54, 1.807) is 18.2 Å². The molecule has 1 aromatic carbocycles. The van der Waals surface area contributed by atoms with E-state index in [1.807, 2.05) is 13.8 Å². The predicted molar refractivity (Wildman–Crippen MR) is 87.4 cm³/mol. The van der Waals surface area contributed by atoms with Crippen LogP contribution < -0.4 is 0 Å². The lowest BCUT2D eigenvalue weighted by molar-refractivity contribution is -0.147. The Bertz CT molecular complexity index is 695. The third-order valence-electron chi connectivity index (χ3n) is 3.67. The minimum atomic E-state index is -1.55. The van der Waals surface area contributed by atoms with Gasteiger partial charge in [-0.05, 0) is 23.6 Å². The van der Waals surface area contributed by atoms with Crippen LogP contribution in [-0.2, 0) is 14.3 Å². The van der Waals surface area contributed by atoms with Gasteiger partial charge in [-0.1, -0.05) is 37.0 Å². The molecule has 4 nitrogen and oxygen atoms in total. The monoisotopic (exact) mass is 357 g/mol. The zero-order valence-electron chi connectivity index (χ0n) is 12.0. The SMILES string of the molecule is CC1(C)CC(=O)C2(OC(c3ccc(Cl)cc3Cl)=NS2)C(=O)C1. The molecule has 0 saturated heterocycles. The van der Waals surface area contributed by atoms with Gasteiger partial charge in [-0.25, -0.2) is 0 Å². The number of hydrogen-bond acceptors (Lipinski definition) is 5. The number of halogens is 2. The molecule has 0 radical (unpaired) electrons. The van der Waals surface area contributed by atoms with E-state index >= 15 is 0 Å². The summed E-state index contributed by atoms with van der Waals surface area (Å²) in [4.78, 5) is 23.4. The third-order valence-corrected chi connectivity index (χ3v) is 5.27. The maximum Gasteiger partial charge on any atom is 0.292 e. The van der Waals surface area contributed by atoms with Gasteiger partial charge in [0.05, 0.1) is 10.6 Å². The molecule has 1 spiro atoms. The van der Waals surface area contributed by atoms with Gasteiger partial charge in [0, 0.05) is 29.8 Å². The summed E-state index contributed by atoms with van der Waals surface area (Å²) in [5.74, 6) is -0.307. The number of carbonyl (C=O) groups excluding carboxylic acids is 2. The summed E-state index contributed by atoms with van der Waals surface area (Å²) in [5.41, 5.74) is 0.171. The average Bonchev–Trinajstić information content (AvgIpc) is 2.82. The zero-order chi connectivity index (χ0) is 16.1. The highest BCUT2D eigenvalue weighted by Crippen LogP contribution is 2.47. The van der Waals surface area contributed by atoms with Crippen molar-refractivity contribution in [1.29, 1.82) is 0 Å². The molecule has 116 valence electrons. The standard InChI is InChI=1S/C15H13Cl2NO3S/c1-14(2)6-11(19)15(12(20)7-14)21-13(18-22-15)9-4-3-8(16)5-10(9)17/h3-5H,6-7H2,1-2H3. The fourth-order valence-electron chi connectivity index (χ4n) is 2.58. The number of hydrogen-bond donors (Lipinski definition) is 0. The Hall–Kier alpha value is -1.04. The molecule has 3 rings (SSSR count). The van der Waals surface area contributed by atoms with Crippen molar-refractivity contribution < 1.29 is 14.3 Å². The van der Waals surface area contributed by atoms with E-state index in [9.17, 15) is 9.59 Å². The van der Waals surface area contributed by atoms with Crippen molar-refractivity contribution in [3.05, 3.63) is 33.8 Å². The van der Waals surface area contributed by atoms with Gasteiger partial charge in [-0.3, -0.25) is 9.59 Å². The number of benzene rings is 1. The lowest BCUT2D eigenvalue weighted by atomic mass is 9.74. The Kier molecular flexibility index (Phi) is 3.78. The molecule has 0 unspecified atom stereocenters. The number of carbonyl (C=O) groups is 2. The minimum Gasteiger partial charge on any atom is -0.442 e. The summed E-state index contributed by atoms with van der Waals surface area (Å²) >= 11 is 12.9. The molecule has 1 saturated carbocycles. The topological polar surface area (TPSA) is 55.7 Å². The molecule has 0 N–H and O–H groups in total. The van der Waals surface area contributed by atoms with Crippen molar-refractivity contribution in [2.75, 3.05) is 0 Å². The van der Waals surface area contributed by atoms with Gasteiger partial charge >= 0.3 is 0 Å². The van der Waals surface area contributed by atoms with Gasteiger partial charge in [0.15, 0.2) is 11.6 Å². The summed E-state index contributed by atoms with van der Waals surface area (Å²) < 4.78 is 9.86. The minimum absolute atomic E-state index is 0.188. The summed E-state index contributed by atoms with van der Waals surface area (Å²) in [6, 6.07) is 4.87. The second kappa shape index (κ2) is 5.25. The maximum atomic E-state index is 12.5. The molecule has 1 heterocycles. The molecule has 0 aromatic heterocycles. The van der Waals surface area contributed by atoms with Crippen LogP contribution in [-0.4, -0.2) is 22.4 Å². The molecule has 2 aliphatic rings. The van der Waals surface area contributed by atoms with Crippen molar-refractivity contribution in [3.63, 3.8) is 0 Å². The van der Waals surface area contributed by atoms with Crippen molar-refractivity contribution in [2.24, 2.45) is 9.81 Å². The van der Waals surface area contributed by atoms with Gasteiger partial charge in [0.2, 0.25) is 5.90 Å². The van der Waals surface area contributed by atoms with E-state index < -0.39 is 4.93 Å². The Morgan fingerprint density at radius 3 is 2.41 bits per heavy atom. The number of ketones is 2. The first-order valence-corrected chi connectivity index (χ1v) is 8.24. The lowest BCUT2D eigenvalue weighted by Gasteiger charge is -2.36. The first kappa shape index (κ1) is 15.8. The molecular weight excluding hydrogens is 345 g/mol. The summed E-state index contributed by atoms with van der Waals surface area (Å²) in [6.45, 7) is 3.79. The second-order valence-electron chi connectivity index (χ2n) is 6.19. The van der Waals surface area contributed by atoms with E-state index in [1.165, 1.54) is 0 Å². The van der Waals surface area contributed by atoms with Crippen LogP contribution >= 0.6 is 35.1 Å². The van der Waals surface area contributed by atoms with Crippen molar-refractivity contribution in [3.8, 4) is 0 Å². The molecule has 22 heavy (non-hydrogen) atoms. The Labute approximate surface area is 142 Å². The molecule has 1 aliphatic carbocycles. The van der Waals surface area contributed by atoms with Crippen LogP contribution in [0, 0.1) is 5.41 Å². The van der Waals surface area contributed by atoms with Gasteiger partial charge in [0.1, 0.15) is 0 Å². The normalized spacial score (nSPS) is 22.6. The molecule has 1 aliphatic heterocycles. The van der Waals surface area contributed by atoms with E-state index in [2.05, 4.69) is 4.40 Å². The smallest absolute Gasteiger partial charge is 0.292 e. The Morgan fingerprint density at radius 1 is 1.18 bits per heavy atom. The lowest BCUT2D eigenvalue weighted by Crippen LogP contribution is -2.52. The molecule has 7 heteroatoms. The van der Waals surface area contributed by atoms with Crippen molar-refractivity contribution in [2.45, 2.75) is 31.6 Å². The first-order chi connectivity index (χ1) is 10.2. The van der Waals surface area contributed by atoms with Crippen LogP contribution in [0.5, 0.6) is 0 Å². The molecule has 0 amide bonds. The highest BCUT2D eigenvalue weighted by Gasteiger charge is 2.58. The number of ether oxygens (including phenoxy) is 1. The molecule has 1 fully saturated rings. The van der Waals surface area contributed by atoms with E-state index in [0.717, 1.165) is 11.9 Å². The number of Topliss-reactive ketones (excluding diaryl/α,β-unsaturated/α-hetero) is 2. The fourth-order valence-corrected chi connectivity index (χ4v) is 3.88. The molecule has 0 atom stereocenters. The Morgan fingerprint density at radius 2 is 1.82 bits per heavy atom. The highest BCUT2D eigenvalue weighted by molar-refractivity contribution is 8.01. The van der Waals surface area contributed by atoms with Crippen LogP contribution in [0.3, 0.4) is 0 Å². The molecule has 1 aromatic rings. The van der Waals surface area contributed by atoms with Gasteiger partial charge < -0.3 is 4.74 Å². The maximum absolute atomic E-state index is 12.5. The molecular formula is C15H13Cl2NO3S. The zero-order valence-corrected chi connectivity index (χ0v) is 14.3. The van der Waals surface area contributed by atoms with Gasteiger partial charge in [-0.2, -0.15) is 4.40 Å². The second-order valence-corrected chi connectivity index (χ2v) is 7.98. The van der Waals surface area contributed by atoms with Crippen LogP contribution in [0.1, 0.15) is 32.3 Å². The molecule has 0 bridgehead atoms. The first-order valence-electron chi connectivity index (χ1n) is 6.71. The highest BCUT2D eigenvalue weighted by atomic mass is 35.5. The largest absolute Gasteiger partial charge is 0.442 e.